The van der Waals surface area contributed by atoms with Gasteiger partial charge in [0.1, 0.15) is 0 Å². The number of aromatic nitrogens is 1. The maximum atomic E-state index is 12.4. The fraction of sp³-hybridized carbons (Fsp3) is 0.125. The summed E-state index contributed by atoms with van der Waals surface area (Å²) in [5.74, 6) is 0.792. The van der Waals surface area contributed by atoms with Crippen molar-refractivity contribution < 1.29 is 4.79 Å². The van der Waals surface area contributed by atoms with Crippen molar-refractivity contribution in [2.75, 3.05) is 12.3 Å². The number of aryl methyl sites for hydroxylation is 1. The lowest BCUT2D eigenvalue weighted by atomic mass is 10.1. The summed E-state index contributed by atoms with van der Waals surface area (Å²) in [5, 5.41) is 4.26. The van der Waals surface area contributed by atoms with E-state index in [2.05, 4.69) is 52.8 Å². The fourth-order valence-electron chi connectivity index (χ4n) is 3.31. The van der Waals surface area contributed by atoms with Crippen molar-refractivity contribution in [3.63, 3.8) is 0 Å². The van der Waals surface area contributed by atoms with E-state index in [1.165, 1.54) is 15.8 Å². The topological polar surface area (TPSA) is 44.9 Å². The third kappa shape index (κ3) is 3.82. The monoisotopic (exact) mass is 386 g/mol. The molecule has 0 bridgehead atoms. The fourth-order valence-corrected chi connectivity index (χ4v) is 4.37. The van der Waals surface area contributed by atoms with Crippen LogP contribution in [0, 0.1) is 6.92 Å². The molecule has 0 fully saturated rings. The van der Waals surface area contributed by atoms with Gasteiger partial charge in [-0.2, -0.15) is 0 Å². The number of H-pyrrole nitrogens is 1. The van der Waals surface area contributed by atoms with Crippen LogP contribution in [-0.2, 0) is 0 Å². The molecule has 1 amide bonds. The second-order valence-corrected chi connectivity index (χ2v) is 7.77. The first-order valence-electron chi connectivity index (χ1n) is 9.37. The zero-order chi connectivity index (χ0) is 19.3. The quantitative estimate of drug-likeness (QED) is 0.331. The molecule has 0 aliphatic rings. The molecule has 0 atom stereocenters. The van der Waals surface area contributed by atoms with Crippen molar-refractivity contribution in [3.05, 3.63) is 90.0 Å². The Hall–Kier alpha value is -2.98. The van der Waals surface area contributed by atoms with Gasteiger partial charge in [0.15, 0.2) is 0 Å². The molecule has 140 valence electrons. The molecule has 0 radical (unpaired) electrons. The number of aromatic amines is 1. The number of nitrogens with one attached hydrogen (secondary N) is 2. The first-order valence-corrected chi connectivity index (χ1v) is 10.4. The van der Waals surface area contributed by atoms with Crippen molar-refractivity contribution in [2.24, 2.45) is 0 Å². The molecule has 0 saturated carbocycles. The predicted octanol–water partition coefficient (Wildman–Crippen LogP) is 5.67. The molecule has 4 rings (SSSR count). The van der Waals surface area contributed by atoms with Gasteiger partial charge in [-0.25, -0.2) is 0 Å². The van der Waals surface area contributed by atoms with Crippen LogP contribution in [0.3, 0.4) is 0 Å². The summed E-state index contributed by atoms with van der Waals surface area (Å²) in [6.45, 7) is 2.58. The summed E-state index contributed by atoms with van der Waals surface area (Å²) in [7, 11) is 0. The molecule has 3 nitrogen and oxygen atoms in total. The van der Waals surface area contributed by atoms with Gasteiger partial charge in [-0.05, 0) is 30.2 Å². The van der Waals surface area contributed by atoms with Crippen molar-refractivity contribution in [1.82, 2.24) is 10.3 Å². The van der Waals surface area contributed by atoms with Crippen LogP contribution in [-0.4, -0.2) is 23.2 Å². The summed E-state index contributed by atoms with van der Waals surface area (Å²) < 4.78 is 0. The molecule has 0 saturated heterocycles. The summed E-state index contributed by atoms with van der Waals surface area (Å²) in [6.07, 6.45) is 0. The van der Waals surface area contributed by atoms with Gasteiger partial charge in [0.2, 0.25) is 0 Å². The van der Waals surface area contributed by atoms with Gasteiger partial charge in [0, 0.05) is 33.7 Å². The first-order chi connectivity index (χ1) is 13.7. The molecule has 3 aromatic carbocycles. The number of hydrogen-bond donors (Lipinski definition) is 2. The molecule has 0 unspecified atom stereocenters. The van der Waals surface area contributed by atoms with E-state index >= 15 is 0 Å². The largest absolute Gasteiger partial charge is 0.354 e. The highest BCUT2D eigenvalue weighted by molar-refractivity contribution is 7.99. The molecular weight excluding hydrogens is 364 g/mol. The van der Waals surface area contributed by atoms with Gasteiger partial charge in [-0.15, -0.1) is 11.8 Å². The summed E-state index contributed by atoms with van der Waals surface area (Å²) >= 11 is 1.77. The molecule has 1 heterocycles. The van der Waals surface area contributed by atoms with Crippen LogP contribution < -0.4 is 5.32 Å². The molecule has 28 heavy (non-hydrogen) atoms. The Labute approximate surface area is 169 Å². The van der Waals surface area contributed by atoms with Crippen LogP contribution in [0.5, 0.6) is 0 Å². The van der Waals surface area contributed by atoms with Crippen LogP contribution in [0.2, 0.25) is 0 Å². The van der Waals surface area contributed by atoms with Crippen LogP contribution in [0.1, 0.15) is 15.9 Å². The molecule has 4 aromatic rings. The second-order valence-electron chi connectivity index (χ2n) is 6.66. The number of carbonyl (C=O) groups excluding carboxylic acids is 1. The highest BCUT2D eigenvalue weighted by atomic mass is 32.2. The van der Waals surface area contributed by atoms with Gasteiger partial charge in [0.25, 0.3) is 5.91 Å². The minimum Gasteiger partial charge on any atom is -0.354 e. The molecule has 4 heteroatoms. The number of amides is 1. The number of rotatable bonds is 6. The Morgan fingerprint density at radius 3 is 2.46 bits per heavy atom. The maximum absolute atomic E-state index is 12.4. The van der Waals surface area contributed by atoms with E-state index < -0.39 is 0 Å². The number of thioether (sulfide) groups is 1. The van der Waals surface area contributed by atoms with Crippen LogP contribution in [0.25, 0.3) is 22.2 Å². The van der Waals surface area contributed by atoms with Crippen molar-refractivity contribution >= 4 is 28.6 Å². The molecule has 0 aliphatic carbocycles. The second kappa shape index (κ2) is 8.36. The zero-order valence-corrected chi connectivity index (χ0v) is 16.6. The first kappa shape index (κ1) is 18.4. The lowest BCUT2D eigenvalue weighted by Gasteiger charge is -2.08. The summed E-state index contributed by atoms with van der Waals surface area (Å²) in [6, 6.07) is 26.4. The normalized spacial score (nSPS) is 10.9. The van der Waals surface area contributed by atoms with Crippen LogP contribution in [0.15, 0.2) is 83.8 Å². The van der Waals surface area contributed by atoms with Gasteiger partial charge in [-0.3, -0.25) is 4.79 Å². The minimum absolute atomic E-state index is 0.0130. The minimum atomic E-state index is -0.0130. The van der Waals surface area contributed by atoms with E-state index in [9.17, 15) is 4.79 Å². The van der Waals surface area contributed by atoms with Gasteiger partial charge in [0.05, 0.1) is 5.69 Å². The average molecular weight is 387 g/mol. The third-order valence-corrected chi connectivity index (χ3v) is 5.87. The average Bonchev–Trinajstić information content (AvgIpc) is 3.11. The standard InChI is InChI=1S/C24H22N2OS/c1-17-9-5-6-12-19(17)24(27)25-15-16-28-23-20-13-7-8-14-21(20)26-22(23)18-10-3-2-4-11-18/h2-14,26H,15-16H2,1H3,(H,25,27). The molecule has 1 aromatic heterocycles. The number of benzene rings is 3. The van der Waals surface area contributed by atoms with Crippen molar-refractivity contribution in [2.45, 2.75) is 11.8 Å². The lowest BCUT2D eigenvalue weighted by Crippen LogP contribution is -2.26. The van der Waals surface area contributed by atoms with Crippen LogP contribution in [0.4, 0.5) is 0 Å². The Kier molecular flexibility index (Phi) is 5.49. The lowest BCUT2D eigenvalue weighted by molar-refractivity contribution is 0.0955. The van der Waals surface area contributed by atoms with E-state index in [0.717, 1.165) is 28.1 Å². The number of carbonyl (C=O) groups is 1. The van der Waals surface area contributed by atoms with E-state index in [-0.39, 0.29) is 5.91 Å². The predicted molar refractivity (Wildman–Crippen MR) is 118 cm³/mol. The Morgan fingerprint density at radius 1 is 0.929 bits per heavy atom. The van der Waals surface area contributed by atoms with Gasteiger partial charge < -0.3 is 10.3 Å². The third-order valence-electron chi connectivity index (χ3n) is 4.74. The van der Waals surface area contributed by atoms with Crippen molar-refractivity contribution in [1.29, 1.82) is 0 Å². The van der Waals surface area contributed by atoms with Gasteiger partial charge in [-0.1, -0.05) is 66.7 Å². The Bertz CT molecular complexity index is 1100. The van der Waals surface area contributed by atoms with E-state index in [0.29, 0.717) is 6.54 Å². The molecule has 0 aliphatic heterocycles. The summed E-state index contributed by atoms with van der Waals surface area (Å²) in [5.41, 5.74) is 5.18. The Morgan fingerprint density at radius 2 is 1.64 bits per heavy atom. The van der Waals surface area contributed by atoms with Gasteiger partial charge >= 0.3 is 0 Å². The Balaban J connectivity index is 1.49. The summed E-state index contributed by atoms with van der Waals surface area (Å²) in [4.78, 5) is 17.2. The highest BCUT2D eigenvalue weighted by Gasteiger charge is 2.14. The van der Waals surface area contributed by atoms with Crippen LogP contribution >= 0.6 is 11.8 Å². The maximum Gasteiger partial charge on any atom is 0.251 e. The van der Waals surface area contributed by atoms with E-state index in [1.807, 2.05) is 43.3 Å². The number of fused-ring (bicyclic) bond motifs is 1. The zero-order valence-electron chi connectivity index (χ0n) is 15.7. The van der Waals surface area contributed by atoms with E-state index in [4.69, 9.17) is 0 Å². The molecular formula is C24H22N2OS. The number of para-hydroxylation sites is 1. The van der Waals surface area contributed by atoms with E-state index in [1.54, 1.807) is 11.8 Å². The molecule has 0 spiro atoms. The highest BCUT2D eigenvalue weighted by Crippen LogP contribution is 2.37. The molecule has 2 N–H and O–H groups in total. The smallest absolute Gasteiger partial charge is 0.251 e. The number of hydrogen-bond acceptors (Lipinski definition) is 2. The van der Waals surface area contributed by atoms with Crippen molar-refractivity contribution in [3.8, 4) is 11.3 Å². The SMILES string of the molecule is Cc1ccccc1C(=O)NCCSc1c(-c2ccccc2)[nH]c2ccccc12.